The van der Waals surface area contributed by atoms with Crippen LogP contribution in [0.25, 0.3) is 0 Å². The van der Waals surface area contributed by atoms with E-state index in [0.29, 0.717) is 11.4 Å². The van der Waals surface area contributed by atoms with Crippen molar-refractivity contribution in [3.63, 3.8) is 0 Å². The molecule has 1 unspecified atom stereocenters. The van der Waals surface area contributed by atoms with E-state index in [1.165, 1.54) is 6.07 Å². The number of aliphatic hydroxyl groups is 1. The van der Waals surface area contributed by atoms with E-state index in [4.69, 9.17) is 0 Å². The van der Waals surface area contributed by atoms with Gasteiger partial charge in [-0.3, -0.25) is 0 Å². The minimum Gasteiger partial charge on any atom is -0.388 e. The molecule has 0 aliphatic carbocycles. The predicted octanol–water partition coefficient (Wildman–Crippen LogP) is 2.95. The van der Waals surface area contributed by atoms with Gasteiger partial charge in [0.25, 0.3) is 0 Å². The minimum absolute atomic E-state index is 0.0139. The molecule has 1 fully saturated rings. The lowest BCUT2D eigenvalue weighted by Gasteiger charge is -2.27. The Labute approximate surface area is 136 Å². The Balaban J connectivity index is 1.92. The maximum Gasteiger partial charge on any atom is 0.319 e. The predicted molar refractivity (Wildman–Crippen MR) is 90.3 cm³/mol. The number of anilines is 2. The van der Waals surface area contributed by atoms with Crippen LogP contribution in [0, 0.1) is 11.7 Å². The number of hydrogen-bond acceptors (Lipinski definition) is 3. The minimum atomic E-state index is -0.984. The highest BCUT2D eigenvalue weighted by molar-refractivity contribution is 5.89. The van der Waals surface area contributed by atoms with E-state index < -0.39 is 11.6 Å². The van der Waals surface area contributed by atoms with Crippen molar-refractivity contribution in [1.29, 1.82) is 0 Å². The number of nitrogens with one attached hydrogen (secondary N) is 2. The Morgan fingerprint density at radius 1 is 1.39 bits per heavy atom. The van der Waals surface area contributed by atoms with Crippen molar-refractivity contribution >= 4 is 17.4 Å². The van der Waals surface area contributed by atoms with E-state index in [1.54, 1.807) is 19.1 Å². The van der Waals surface area contributed by atoms with Crippen LogP contribution in [0.15, 0.2) is 18.2 Å². The Hall–Kier alpha value is -1.82. The van der Waals surface area contributed by atoms with Gasteiger partial charge in [0.15, 0.2) is 0 Å². The summed E-state index contributed by atoms with van der Waals surface area (Å²) in [6.45, 7) is 7.30. The summed E-state index contributed by atoms with van der Waals surface area (Å²) < 4.78 is 14.2. The van der Waals surface area contributed by atoms with E-state index in [9.17, 15) is 14.3 Å². The summed E-state index contributed by atoms with van der Waals surface area (Å²) in [5, 5.41) is 15.3. The van der Waals surface area contributed by atoms with Crippen LogP contribution < -0.4 is 15.5 Å². The monoisotopic (exact) mass is 323 g/mol. The molecule has 1 aromatic carbocycles. The van der Waals surface area contributed by atoms with Gasteiger partial charge in [-0.1, -0.05) is 13.8 Å². The molecule has 1 atom stereocenters. The van der Waals surface area contributed by atoms with Crippen molar-refractivity contribution in [3.8, 4) is 0 Å². The summed E-state index contributed by atoms with van der Waals surface area (Å²) >= 11 is 0. The van der Waals surface area contributed by atoms with Crippen molar-refractivity contribution in [2.75, 3.05) is 29.9 Å². The number of nitrogens with zero attached hydrogens (tertiary/aromatic N) is 1. The first-order chi connectivity index (χ1) is 10.8. The number of hydrogen-bond donors (Lipinski definition) is 3. The summed E-state index contributed by atoms with van der Waals surface area (Å²) in [5.74, 6) is -0.320. The van der Waals surface area contributed by atoms with Crippen LogP contribution >= 0.6 is 0 Å². The van der Waals surface area contributed by atoms with Gasteiger partial charge in [0.05, 0.1) is 11.3 Å². The average molecular weight is 323 g/mol. The van der Waals surface area contributed by atoms with Gasteiger partial charge >= 0.3 is 6.03 Å². The summed E-state index contributed by atoms with van der Waals surface area (Å²) in [7, 11) is 0. The molecule has 0 aromatic heterocycles. The molecule has 23 heavy (non-hydrogen) atoms. The zero-order chi connectivity index (χ0) is 17.0. The number of halogens is 1. The molecule has 1 heterocycles. The first kappa shape index (κ1) is 17.5. The lowest BCUT2D eigenvalue weighted by Crippen LogP contribution is -2.45. The van der Waals surface area contributed by atoms with Gasteiger partial charge in [-0.25, -0.2) is 9.18 Å². The van der Waals surface area contributed by atoms with Crippen molar-refractivity contribution in [1.82, 2.24) is 5.32 Å². The molecule has 1 aliphatic heterocycles. The number of rotatable bonds is 5. The van der Waals surface area contributed by atoms with Gasteiger partial charge < -0.3 is 20.6 Å². The molecule has 6 heteroatoms. The molecule has 0 bridgehead atoms. The summed E-state index contributed by atoms with van der Waals surface area (Å²) in [6, 6.07) is 4.25. The molecule has 5 nitrogen and oxygen atoms in total. The summed E-state index contributed by atoms with van der Waals surface area (Å²) in [6.07, 6.45) is 2.16. The Morgan fingerprint density at radius 3 is 2.61 bits per heavy atom. The Morgan fingerprint density at radius 2 is 2.04 bits per heavy atom. The van der Waals surface area contributed by atoms with E-state index in [2.05, 4.69) is 10.6 Å². The third-order valence-electron chi connectivity index (χ3n) is 4.50. The molecule has 128 valence electrons. The maximum atomic E-state index is 14.2. The zero-order valence-corrected chi connectivity index (χ0v) is 14.0. The van der Waals surface area contributed by atoms with Crippen molar-refractivity contribution < 1.29 is 14.3 Å². The maximum absolute atomic E-state index is 14.2. The van der Waals surface area contributed by atoms with Crippen LogP contribution in [-0.4, -0.2) is 36.4 Å². The molecule has 2 rings (SSSR count). The van der Waals surface area contributed by atoms with Gasteiger partial charge in [-0.15, -0.1) is 0 Å². The lowest BCUT2D eigenvalue weighted by molar-refractivity contribution is 0.0170. The summed E-state index contributed by atoms with van der Waals surface area (Å²) in [4.78, 5) is 13.9. The third-order valence-corrected chi connectivity index (χ3v) is 4.50. The number of carbonyl (C=O) groups excluding carboxylic acids is 1. The molecule has 1 saturated heterocycles. The lowest BCUT2D eigenvalue weighted by atomic mass is 9.93. The molecule has 0 radical (unpaired) electrons. The number of benzene rings is 1. The zero-order valence-electron chi connectivity index (χ0n) is 14.0. The van der Waals surface area contributed by atoms with Crippen molar-refractivity contribution in [3.05, 3.63) is 24.0 Å². The highest BCUT2D eigenvalue weighted by atomic mass is 19.1. The normalized spacial score (nSPS) is 17.2. The molecule has 0 spiro atoms. The van der Waals surface area contributed by atoms with Crippen LogP contribution in [-0.2, 0) is 0 Å². The molecular formula is C17H26FN3O2. The van der Waals surface area contributed by atoms with Gasteiger partial charge in [0, 0.05) is 25.3 Å². The van der Waals surface area contributed by atoms with Crippen LogP contribution in [0.4, 0.5) is 20.6 Å². The highest BCUT2D eigenvalue weighted by Crippen LogP contribution is 2.26. The molecule has 1 aromatic rings. The smallest absolute Gasteiger partial charge is 0.319 e. The van der Waals surface area contributed by atoms with Crippen LogP contribution in [0.1, 0.15) is 33.6 Å². The third kappa shape index (κ3) is 4.58. The number of amides is 2. The quantitative estimate of drug-likeness (QED) is 0.780. The van der Waals surface area contributed by atoms with Crippen molar-refractivity contribution in [2.45, 2.75) is 39.2 Å². The second kappa shape index (κ2) is 7.17. The SMILES string of the molecule is CC(C)C(C)(O)CNC(=O)Nc1ccc(N2CCCC2)c(F)c1. The number of urea groups is 1. The average Bonchev–Trinajstić information content (AvgIpc) is 2.99. The fourth-order valence-electron chi connectivity index (χ4n) is 2.44. The Kier molecular flexibility index (Phi) is 5.46. The van der Waals surface area contributed by atoms with E-state index in [-0.39, 0.29) is 18.3 Å². The highest BCUT2D eigenvalue weighted by Gasteiger charge is 2.25. The van der Waals surface area contributed by atoms with E-state index in [0.717, 1.165) is 25.9 Å². The molecule has 2 amide bonds. The largest absolute Gasteiger partial charge is 0.388 e. The second-order valence-electron chi connectivity index (χ2n) is 6.68. The van der Waals surface area contributed by atoms with Crippen molar-refractivity contribution in [2.24, 2.45) is 5.92 Å². The first-order valence-corrected chi connectivity index (χ1v) is 8.11. The first-order valence-electron chi connectivity index (χ1n) is 8.11. The molecule has 1 aliphatic rings. The van der Waals surface area contributed by atoms with Crippen LogP contribution in [0.3, 0.4) is 0 Å². The Bertz CT molecular complexity index is 555. The van der Waals surface area contributed by atoms with E-state index in [1.807, 2.05) is 18.7 Å². The molecular weight excluding hydrogens is 297 g/mol. The van der Waals surface area contributed by atoms with Gasteiger partial charge in [0.2, 0.25) is 0 Å². The van der Waals surface area contributed by atoms with Gasteiger partial charge in [-0.2, -0.15) is 0 Å². The molecule has 3 N–H and O–H groups in total. The second-order valence-corrected chi connectivity index (χ2v) is 6.68. The fraction of sp³-hybridized carbons (Fsp3) is 0.588. The van der Waals surface area contributed by atoms with Gasteiger partial charge in [-0.05, 0) is 43.9 Å². The van der Waals surface area contributed by atoms with Gasteiger partial charge in [0.1, 0.15) is 5.82 Å². The fourth-order valence-corrected chi connectivity index (χ4v) is 2.44. The van der Waals surface area contributed by atoms with Crippen LogP contribution in [0.2, 0.25) is 0 Å². The van der Waals surface area contributed by atoms with E-state index >= 15 is 0 Å². The van der Waals surface area contributed by atoms with Crippen LogP contribution in [0.5, 0.6) is 0 Å². The topological polar surface area (TPSA) is 64.6 Å². The standard InChI is InChI=1S/C17H26FN3O2/c1-12(2)17(3,23)11-19-16(22)20-13-6-7-15(14(18)10-13)21-8-4-5-9-21/h6-7,10,12,23H,4-5,8-9,11H2,1-3H3,(H2,19,20,22). The summed E-state index contributed by atoms with van der Waals surface area (Å²) in [5.41, 5.74) is -0.00862. The molecule has 0 saturated carbocycles. The number of carbonyl (C=O) groups is 1.